The third kappa shape index (κ3) is 1.55. The van der Waals surface area contributed by atoms with Crippen molar-refractivity contribution in [2.75, 3.05) is 5.73 Å². The molecule has 2 rings (SSSR count). The van der Waals surface area contributed by atoms with Crippen LogP contribution in [0.15, 0.2) is 6.07 Å². The minimum atomic E-state index is 0.570. The lowest BCUT2D eigenvalue weighted by molar-refractivity contribution is 0.470. The highest BCUT2D eigenvalue weighted by molar-refractivity contribution is 5.31. The first kappa shape index (κ1) is 8.60. The zero-order valence-corrected chi connectivity index (χ0v) is 8.16. The molecule has 1 heterocycles. The molecule has 1 aliphatic carbocycles. The smallest absolute Gasteiger partial charge is 0.122 e. The van der Waals surface area contributed by atoms with Crippen LogP contribution in [0.1, 0.15) is 44.3 Å². The summed E-state index contributed by atoms with van der Waals surface area (Å²) in [5.74, 6) is 0.837. The lowest BCUT2D eigenvalue weighted by atomic mass is 10.2. The van der Waals surface area contributed by atoms with Crippen molar-refractivity contribution in [1.29, 1.82) is 0 Å². The molecule has 1 fully saturated rings. The van der Waals surface area contributed by atoms with Gasteiger partial charge in [0.25, 0.3) is 0 Å². The Balaban J connectivity index is 2.22. The number of rotatable bonds is 2. The normalized spacial score (nSPS) is 18.2. The molecule has 0 spiro atoms. The van der Waals surface area contributed by atoms with Gasteiger partial charge in [0.05, 0.1) is 11.7 Å². The van der Waals surface area contributed by atoms with Crippen LogP contribution in [0.5, 0.6) is 0 Å². The zero-order chi connectivity index (χ0) is 9.26. The van der Waals surface area contributed by atoms with Gasteiger partial charge in [0.1, 0.15) is 5.82 Å². The first-order chi connectivity index (χ1) is 6.31. The van der Waals surface area contributed by atoms with Gasteiger partial charge in [0, 0.05) is 6.07 Å². The minimum Gasteiger partial charge on any atom is -0.384 e. The number of anilines is 1. The number of aryl methyl sites for hydroxylation is 1. The lowest BCUT2D eigenvalue weighted by Gasteiger charge is -2.10. The maximum absolute atomic E-state index is 5.90. The topological polar surface area (TPSA) is 43.8 Å². The van der Waals surface area contributed by atoms with Crippen molar-refractivity contribution in [3.05, 3.63) is 11.8 Å². The van der Waals surface area contributed by atoms with Gasteiger partial charge in [-0.2, -0.15) is 5.10 Å². The Labute approximate surface area is 78.9 Å². The molecule has 13 heavy (non-hydrogen) atoms. The summed E-state index contributed by atoms with van der Waals surface area (Å²) in [6, 6.07) is 2.57. The molecule has 0 radical (unpaired) electrons. The van der Waals surface area contributed by atoms with E-state index in [9.17, 15) is 0 Å². The fraction of sp³-hybridized carbons (Fsp3) is 0.700. The van der Waals surface area contributed by atoms with Crippen molar-refractivity contribution < 1.29 is 0 Å². The molecule has 0 saturated heterocycles. The number of hydrogen-bond donors (Lipinski definition) is 1. The second-order valence-electron chi connectivity index (χ2n) is 3.80. The van der Waals surface area contributed by atoms with E-state index in [1.54, 1.807) is 0 Å². The van der Waals surface area contributed by atoms with Gasteiger partial charge in [0.15, 0.2) is 0 Å². The van der Waals surface area contributed by atoms with E-state index in [1.807, 2.05) is 10.7 Å². The van der Waals surface area contributed by atoms with Crippen molar-refractivity contribution in [2.24, 2.45) is 0 Å². The van der Waals surface area contributed by atoms with Gasteiger partial charge in [-0.3, -0.25) is 0 Å². The van der Waals surface area contributed by atoms with Crippen LogP contribution in [0.2, 0.25) is 0 Å². The number of nitrogen functional groups attached to an aromatic ring is 1. The summed E-state index contributed by atoms with van der Waals surface area (Å²) in [5.41, 5.74) is 7.01. The van der Waals surface area contributed by atoms with Crippen LogP contribution in [-0.2, 0) is 6.42 Å². The molecular formula is C10H17N3. The molecule has 1 aliphatic rings. The van der Waals surface area contributed by atoms with Gasteiger partial charge in [-0.15, -0.1) is 0 Å². The molecule has 72 valence electrons. The summed E-state index contributed by atoms with van der Waals surface area (Å²) in [6.45, 7) is 2.11. The van der Waals surface area contributed by atoms with Crippen molar-refractivity contribution >= 4 is 5.82 Å². The molecule has 3 heteroatoms. The average Bonchev–Trinajstić information content (AvgIpc) is 2.72. The highest BCUT2D eigenvalue weighted by atomic mass is 15.3. The Morgan fingerprint density at radius 1 is 1.54 bits per heavy atom. The van der Waals surface area contributed by atoms with Crippen LogP contribution >= 0.6 is 0 Å². The summed E-state index contributed by atoms with van der Waals surface area (Å²) in [4.78, 5) is 0. The molecule has 0 atom stereocenters. The van der Waals surface area contributed by atoms with Crippen LogP contribution in [0, 0.1) is 0 Å². The molecule has 0 amide bonds. The number of nitrogens with zero attached hydrogens (tertiary/aromatic N) is 2. The summed E-state index contributed by atoms with van der Waals surface area (Å²) in [6.07, 6.45) is 6.12. The maximum Gasteiger partial charge on any atom is 0.122 e. The first-order valence-corrected chi connectivity index (χ1v) is 5.15. The van der Waals surface area contributed by atoms with E-state index in [0.717, 1.165) is 17.9 Å². The standard InChI is InChI=1S/C10H17N3/c1-2-8-7-10(11)13(12-8)9-5-3-4-6-9/h7,9H,2-6,11H2,1H3. The van der Waals surface area contributed by atoms with Crippen LogP contribution in [-0.4, -0.2) is 9.78 Å². The van der Waals surface area contributed by atoms with E-state index in [4.69, 9.17) is 5.73 Å². The monoisotopic (exact) mass is 179 g/mol. The summed E-state index contributed by atoms with van der Waals surface area (Å²) < 4.78 is 2.02. The summed E-state index contributed by atoms with van der Waals surface area (Å²) in [7, 11) is 0. The number of hydrogen-bond acceptors (Lipinski definition) is 2. The van der Waals surface area contributed by atoms with Crippen molar-refractivity contribution in [1.82, 2.24) is 9.78 Å². The molecule has 0 bridgehead atoms. The molecule has 3 nitrogen and oxygen atoms in total. The minimum absolute atomic E-state index is 0.570. The Morgan fingerprint density at radius 3 is 2.77 bits per heavy atom. The van der Waals surface area contributed by atoms with Crippen LogP contribution in [0.3, 0.4) is 0 Å². The molecule has 0 aliphatic heterocycles. The van der Waals surface area contributed by atoms with E-state index >= 15 is 0 Å². The summed E-state index contributed by atoms with van der Waals surface area (Å²) >= 11 is 0. The first-order valence-electron chi connectivity index (χ1n) is 5.15. The Morgan fingerprint density at radius 2 is 2.23 bits per heavy atom. The van der Waals surface area contributed by atoms with Gasteiger partial charge in [-0.25, -0.2) is 4.68 Å². The molecule has 2 N–H and O–H groups in total. The Kier molecular flexibility index (Phi) is 2.25. The van der Waals surface area contributed by atoms with E-state index in [2.05, 4.69) is 12.0 Å². The van der Waals surface area contributed by atoms with Crippen molar-refractivity contribution in [3.63, 3.8) is 0 Å². The lowest BCUT2D eigenvalue weighted by Crippen LogP contribution is -2.09. The van der Waals surface area contributed by atoms with Crippen LogP contribution in [0.4, 0.5) is 5.82 Å². The molecule has 0 aromatic carbocycles. The Hall–Kier alpha value is -0.990. The average molecular weight is 179 g/mol. The number of aromatic nitrogens is 2. The quantitative estimate of drug-likeness (QED) is 0.756. The van der Waals surface area contributed by atoms with Gasteiger partial charge in [0.2, 0.25) is 0 Å². The molecule has 1 saturated carbocycles. The highest BCUT2D eigenvalue weighted by Crippen LogP contribution is 2.30. The van der Waals surface area contributed by atoms with Gasteiger partial charge in [-0.05, 0) is 19.3 Å². The molecule has 1 aromatic rings. The number of nitrogens with two attached hydrogens (primary N) is 1. The molecular weight excluding hydrogens is 162 g/mol. The van der Waals surface area contributed by atoms with Gasteiger partial charge in [-0.1, -0.05) is 19.8 Å². The maximum atomic E-state index is 5.90. The van der Waals surface area contributed by atoms with E-state index in [1.165, 1.54) is 25.7 Å². The fourth-order valence-corrected chi connectivity index (χ4v) is 2.08. The Bertz CT molecular complexity index is 284. The van der Waals surface area contributed by atoms with Gasteiger partial charge < -0.3 is 5.73 Å². The molecule has 0 unspecified atom stereocenters. The SMILES string of the molecule is CCc1cc(N)n(C2CCCC2)n1. The fourth-order valence-electron chi connectivity index (χ4n) is 2.08. The third-order valence-electron chi connectivity index (χ3n) is 2.85. The third-order valence-corrected chi connectivity index (χ3v) is 2.85. The van der Waals surface area contributed by atoms with Gasteiger partial charge >= 0.3 is 0 Å². The largest absolute Gasteiger partial charge is 0.384 e. The van der Waals surface area contributed by atoms with Crippen molar-refractivity contribution in [3.8, 4) is 0 Å². The highest BCUT2D eigenvalue weighted by Gasteiger charge is 2.19. The van der Waals surface area contributed by atoms with E-state index in [0.29, 0.717) is 6.04 Å². The van der Waals surface area contributed by atoms with E-state index in [-0.39, 0.29) is 0 Å². The van der Waals surface area contributed by atoms with Crippen LogP contribution < -0.4 is 5.73 Å². The zero-order valence-electron chi connectivity index (χ0n) is 8.16. The summed E-state index contributed by atoms with van der Waals surface area (Å²) in [5, 5.41) is 4.50. The van der Waals surface area contributed by atoms with Crippen molar-refractivity contribution in [2.45, 2.75) is 45.1 Å². The van der Waals surface area contributed by atoms with E-state index < -0.39 is 0 Å². The predicted molar refractivity (Wildman–Crippen MR) is 53.5 cm³/mol. The molecule has 1 aromatic heterocycles. The second-order valence-corrected chi connectivity index (χ2v) is 3.80. The predicted octanol–water partition coefficient (Wildman–Crippen LogP) is 2.14. The van der Waals surface area contributed by atoms with Crippen LogP contribution in [0.25, 0.3) is 0 Å². The second kappa shape index (κ2) is 3.40.